The highest BCUT2D eigenvalue weighted by Crippen LogP contribution is 2.10. The lowest BCUT2D eigenvalue weighted by atomic mass is 10.1. The molecular weight excluding hydrogens is 324 g/mol. The highest BCUT2D eigenvalue weighted by Gasteiger charge is 2.03. The molecule has 0 saturated heterocycles. The molecular formula is C18H36N2O3S. The van der Waals surface area contributed by atoms with E-state index >= 15 is 0 Å². The molecule has 0 saturated carbocycles. The molecule has 6 heteroatoms. The zero-order valence-corrected chi connectivity index (χ0v) is 16.3. The van der Waals surface area contributed by atoms with Gasteiger partial charge in [-0.1, -0.05) is 71.3 Å². The summed E-state index contributed by atoms with van der Waals surface area (Å²) in [7, 11) is -1.70. The zero-order chi connectivity index (χ0) is 18.3. The fourth-order valence-electron chi connectivity index (χ4n) is 2.44. The fraction of sp³-hybridized carbons (Fsp3) is 0.778. The van der Waals surface area contributed by atoms with E-state index in [0.717, 1.165) is 19.5 Å². The van der Waals surface area contributed by atoms with Crippen molar-refractivity contribution >= 4 is 10.1 Å². The van der Waals surface area contributed by atoms with Crippen LogP contribution in [0.4, 0.5) is 0 Å². The first-order valence-corrected chi connectivity index (χ1v) is 10.7. The molecule has 0 radical (unpaired) electrons. The van der Waals surface area contributed by atoms with Gasteiger partial charge in [-0.3, -0.25) is 4.55 Å². The Kier molecular flexibility index (Phi) is 13.7. The van der Waals surface area contributed by atoms with Gasteiger partial charge in [-0.05, 0) is 12.6 Å². The van der Waals surface area contributed by atoms with Gasteiger partial charge >= 0.3 is 0 Å². The van der Waals surface area contributed by atoms with Crippen LogP contribution in [0.3, 0.4) is 0 Å². The van der Waals surface area contributed by atoms with Gasteiger partial charge in [0.25, 0.3) is 10.1 Å². The second kappa shape index (κ2) is 14.3. The maximum absolute atomic E-state index is 10.4. The van der Waals surface area contributed by atoms with E-state index in [2.05, 4.69) is 18.4 Å². The van der Waals surface area contributed by atoms with Crippen LogP contribution in [0, 0.1) is 0 Å². The van der Waals surface area contributed by atoms with E-state index in [9.17, 15) is 8.42 Å². The molecule has 1 rings (SSSR count). The topological polar surface area (TPSA) is 60.9 Å². The minimum Gasteiger partial charge on any atom is -0.361 e. The Balaban J connectivity index is 0.000000546. The Morgan fingerprint density at radius 1 is 1.00 bits per heavy atom. The number of nitrogens with zero attached hydrogens (tertiary/aromatic N) is 2. The normalized spacial score (nSPS) is 13.8. The molecule has 1 N–H and O–H groups in total. The number of hydrogen-bond donors (Lipinski definition) is 1. The van der Waals surface area contributed by atoms with Gasteiger partial charge in [0.1, 0.15) is 0 Å². The molecule has 24 heavy (non-hydrogen) atoms. The molecule has 0 bridgehead atoms. The summed E-state index contributed by atoms with van der Waals surface area (Å²) >= 11 is 0. The third-order valence-corrected chi connectivity index (χ3v) is 4.69. The van der Waals surface area contributed by atoms with E-state index in [0.29, 0.717) is 6.42 Å². The van der Waals surface area contributed by atoms with Gasteiger partial charge in [0, 0.05) is 19.4 Å². The smallest absolute Gasteiger partial charge is 0.264 e. The van der Waals surface area contributed by atoms with E-state index < -0.39 is 10.1 Å². The van der Waals surface area contributed by atoms with Crippen LogP contribution in [0.15, 0.2) is 25.2 Å². The first-order chi connectivity index (χ1) is 11.4. The Bertz CT molecular complexity index is 436. The van der Waals surface area contributed by atoms with Crippen LogP contribution in [0.2, 0.25) is 0 Å². The molecule has 0 fully saturated rings. The van der Waals surface area contributed by atoms with Crippen molar-refractivity contribution in [2.75, 3.05) is 19.5 Å². The minimum atomic E-state index is -3.73. The molecule has 0 aromatic heterocycles. The summed E-state index contributed by atoms with van der Waals surface area (Å²) in [5.74, 6) is -0.0799. The molecule has 1 aliphatic rings. The summed E-state index contributed by atoms with van der Waals surface area (Å²) in [5.41, 5.74) is 0. The standard InChI is InChI=1S/C12H26O3S.C6H10N2/c1-2-3-4-5-6-7-8-9-10-11-12-16(13,14)15;1-3-8-5-4-7(2)6-8/h2-12H2,1H3,(H,13,14,15);3-5H,1,6H2,2H3. The van der Waals surface area contributed by atoms with Crippen LogP contribution in [-0.4, -0.2) is 42.2 Å². The van der Waals surface area contributed by atoms with Crippen molar-refractivity contribution in [1.29, 1.82) is 0 Å². The number of hydrogen-bond acceptors (Lipinski definition) is 4. The Hall–Kier alpha value is -1.01. The molecule has 0 aromatic carbocycles. The zero-order valence-electron chi connectivity index (χ0n) is 15.5. The molecule has 142 valence electrons. The average molecular weight is 361 g/mol. The Morgan fingerprint density at radius 2 is 1.50 bits per heavy atom. The molecule has 0 atom stereocenters. The summed E-state index contributed by atoms with van der Waals surface area (Å²) in [4.78, 5) is 4.10. The van der Waals surface area contributed by atoms with Gasteiger partial charge < -0.3 is 9.80 Å². The summed E-state index contributed by atoms with van der Waals surface area (Å²) in [6.07, 6.45) is 17.5. The lowest BCUT2D eigenvalue weighted by Gasteiger charge is -2.11. The fourth-order valence-corrected chi connectivity index (χ4v) is 3.01. The van der Waals surface area contributed by atoms with Gasteiger partial charge in [-0.2, -0.15) is 8.42 Å². The summed E-state index contributed by atoms with van der Waals surface area (Å²) in [6.45, 7) is 6.78. The summed E-state index contributed by atoms with van der Waals surface area (Å²) < 4.78 is 29.4. The number of rotatable bonds is 12. The van der Waals surface area contributed by atoms with Crippen molar-refractivity contribution in [3.8, 4) is 0 Å². The first-order valence-electron chi connectivity index (χ1n) is 9.11. The number of unbranched alkanes of at least 4 members (excludes halogenated alkanes) is 9. The summed E-state index contributed by atoms with van der Waals surface area (Å²) in [5, 5.41) is 0. The van der Waals surface area contributed by atoms with Crippen LogP contribution in [-0.2, 0) is 10.1 Å². The van der Waals surface area contributed by atoms with Crippen LogP contribution in [0.25, 0.3) is 0 Å². The average Bonchev–Trinajstić information content (AvgIpc) is 2.94. The molecule has 1 heterocycles. The Morgan fingerprint density at radius 3 is 1.83 bits per heavy atom. The lowest BCUT2D eigenvalue weighted by molar-refractivity contribution is 0.364. The van der Waals surface area contributed by atoms with Crippen molar-refractivity contribution in [3.63, 3.8) is 0 Å². The lowest BCUT2D eigenvalue weighted by Crippen LogP contribution is -2.16. The van der Waals surface area contributed by atoms with Crippen LogP contribution in [0.5, 0.6) is 0 Å². The maximum atomic E-state index is 10.4. The van der Waals surface area contributed by atoms with Gasteiger partial charge in [-0.25, -0.2) is 0 Å². The van der Waals surface area contributed by atoms with Gasteiger partial charge in [0.2, 0.25) is 0 Å². The SMILES string of the molecule is C=CN1C=CN(C)C1.CCCCCCCCCCCCS(=O)(=O)O. The highest BCUT2D eigenvalue weighted by molar-refractivity contribution is 7.85. The van der Waals surface area contributed by atoms with E-state index in [1.54, 1.807) is 6.20 Å². The quantitative estimate of drug-likeness (QED) is 0.407. The van der Waals surface area contributed by atoms with Crippen LogP contribution in [0.1, 0.15) is 71.1 Å². The van der Waals surface area contributed by atoms with E-state index in [4.69, 9.17) is 4.55 Å². The minimum absolute atomic E-state index is 0.0799. The highest BCUT2D eigenvalue weighted by atomic mass is 32.2. The second-order valence-electron chi connectivity index (χ2n) is 6.36. The van der Waals surface area contributed by atoms with Gasteiger partial charge in [0.05, 0.1) is 12.4 Å². The maximum Gasteiger partial charge on any atom is 0.264 e. The van der Waals surface area contributed by atoms with Gasteiger partial charge in [0.15, 0.2) is 0 Å². The van der Waals surface area contributed by atoms with Crippen molar-refractivity contribution in [2.45, 2.75) is 71.1 Å². The van der Waals surface area contributed by atoms with Crippen molar-refractivity contribution < 1.29 is 13.0 Å². The predicted octanol–water partition coefficient (Wildman–Crippen LogP) is 4.60. The first kappa shape index (κ1) is 23.0. The molecule has 0 amide bonds. The Labute approximate surface area is 149 Å². The summed E-state index contributed by atoms with van der Waals surface area (Å²) in [6, 6.07) is 0. The predicted molar refractivity (Wildman–Crippen MR) is 102 cm³/mol. The van der Waals surface area contributed by atoms with E-state index in [-0.39, 0.29) is 5.75 Å². The van der Waals surface area contributed by atoms with E-state index in [1.165, 1.54) is 44.9 Å². The van der Waals surface area contributed by atoms with Crippen molar-refractivity contribution in [3.05, 3.63) is 25.2 Å². The van der Waals surface area contributed by atoms with Gasteiger partial charge in [-0.15, -0.1) is 0 Å². The molecule has 0 spiro atoms. The molecule has 1 aliphatic heterocycles. The van der Waals surface area contributed by atoms with E-state index in [1.807, 2.05) is 24.3 Å². The molecule has 0 unspecified atom stereocenters. The van der Waals surface area contributed by atoms with Crippen molar-refractivity contribution in [2.24, 2.45) is 0 Å². The van der Waals surface area contributed by atoms with Crippen LogP contribution >= 0.6 is 0 Å². The third-order valence-electron chi connectivity index (χ3n) is 3.89. The van der Waals surface area contributed by atoms with Crippen molar-refractivity contribution in [1.82, 2.24) is 9.80 Å². The molecule has 5 nitrogen and oxygen atoms in total. The monoisotopic (exact) mass is 360 g/mol. The second-order valence-corrected chi connectivity index (χ2v) is 7.93. The third kappa shape index (κ3) is 15.9. The molecule has 0 aromatic rings. The molecule has 0 aliphatic carbocycles. The largest absolute Gasteiger partial charge is 0.361 e. The van der Waals surface area contributed by atoms with Crippen LogP contribution < -0.4 is 0 Å².